The van der Waals surface area contributed by atoms with E-state index in [1.807, 2.05) is 25.1 Å². The van der Waals surface area contributed by atoms with Crippen molar-refractivity contribution < 1.29 is 19.0 Å². The summed E-state index contributed by atoms with van der Waals surface area (Å²) in [6.07, 6.45) is 0. The Kier molecular flexibility index (Phi) is 5.99. The zero-order valence-electron chi connectivity index (χ0n) is 15.0. The van der Waals surface area contributed by atoms with Gasteiger partial charge in [0.2, 0.25) is 0 Å². The minimum atomic E-state index is -0.0735. The molecule has 0 bridgehead atoms. The third-order valence-corrected chi connectivity index (χ3v) is 4.38. The Morgan fingerprint density at radius 1 is 1.20 bits per heavy atom. The van der Waals surface area contributed by atoms with Gasteiger partial charge in [0.15, 0.2) is 11.5 Å². The molecule has 25 heavy (non-hydrogen) atoms. The van der Waals surface area contributed by atoms with Gasteiger partial charge in [-0.3, -0.25) is 4.90 Å². The summed E-state index contributed by atoms with van der Waals surface area (Å²) in [5, 5.41) is 3.06. The molecule has 138 valence electrons. The Balaban J connectivity index is 1.48. The maximum atomic E-state index is 12.4. The van der Waals surface area contributed by atoms with E-state index in [0.29, 0.717) is 19.8 Å². The van der Waals surface area contributed by atoms with Crippen molar-refractivity contribution in [3.63, 3.8) is 0 Å². The smallest absolute Gasteiger partial charge is 0.317 e. The maximum Gasteiger partial charge on any atom is 0.317 e. The molecule has 7 nitrogen and oxygen atoms in total. The molecule has 1 fully saturated rings. The van der Waals surface area contributed by atoms with Crippen LogP contribution in [0.4, 0.5) is 4.79 Å². The predicted octanol–water partition coefficient (Wildman–Crippen LogP) is 1.32. The van der Waals surface area contributed by atoms with Crippen molar-refractivity contribution in [2.45, 2.75) is 19.5 Å². The summed E-state index contributed by atoms with van der Waals surface area (Å²) in [6.45, 7) is 7.92. The molecule has 0 spiro atoms. The number of rotatable bonds is 5. The average Bonchev–Trinajstić information content (AvgIpc) is 2.62. The van der Waals surface area contributed by atoms with Crippen LogP contribution >= 0.6 is 0 Å². The monoisotopic (exact) mass is 349 g/mol. The zero-order valence-corrected chi connectivity index (χ0v) is 15.0. The van der Waals surface area contributed by atoms with Crippen LogP contribution in [-0.2, 0) is 11.3 Å². The number of carbonyl (C=O) groups is 1. The van der Waals surface area contributed by atoms with E-state index in [2.05, 4.69) is 10.2 Å². The fraction of sp³-hybridized carbons (Fsp3) is 0.611. The van der Waals surface area contributed by atoms with E-state index in [1.165, 1.54) is 0 Å². The Labute approximate surface area is 148 Å². The first-order valence-corrected chi connectivity index (χ1v) is 8.82. The van der Waals surface area contributed by atoms with Crippen LogP contribution in [0.1, 0.15) is 12.5 Å². The molecule has 0 aliphatic carbocycles. The van der Waals surface area contributed by atoms with Crippen LogP contribution < -0.4 is 14.8 Å². The van der Waals surface area contributed by atoms with E-state index in [4.69, 9.17) is 14.2 Å². The molecule has 0 aromatic heterocycles. The molecule has 1 saturated heterocycles. The molecule has 0 radical (unpaired) electrons. The molecule has 1 atom stereocenters. The topological polar surface area (TPSA) is 63.3 Å². The standard InChI is InChI=1S/C18H27N3O4/c1-14(12-21-5-7-23-8-6-21)19-18(22)20(2)13-15-3-4-16-17(11-15)25-10-9-24-16/h3-4,11,14H,5-10,12-13H2,1-2H3,(H,19,22). The molecule has 2 aliphatic heterocycles. The van der Waals surface area contributed by atoms with E-state index >= 15 is 0 Å². The summed E-state index contributed by atoms with van der Waals surface area (Å²) >= 11 is 0. The lowest BCUT2D eigenvalue weighted by atomic mass is 10.2. The summed E-state index contributed by atoms with van der Waals surface area (Å²) in [4.78, 5) is 16.4. The zero-order chi connectivity index (χ0) is 17.6. The Morgan fingerprint density at radius 2 is 1.92 bits per heavy atom. The van der Waals surface area contributed by atoms with Crippen molar-refractivity contribution in [1.29, 1.82) is 0 Å². The second kappa shape index (κ2) is 8.40. The fourth-order valence-corrected chi connectivity index (χ4v) is 3.07. The summed E-state index contributed by atoms with van der Waals surface area (Å²) < 4.78 is 16.5. The lowest BCUT2D eigenvalue weighted by Gasteiger charge is -2.30. The van der Waals surface area contributed by atoms with E-state index in [1.54, 1.807) is 11.9 Å². The summed E-state index contributed by atoms with van der Waals surface area (Å²) in [5.74, 6) is 1.51. The third kappa shape index (κ3) is 4.99. The van der Waals surface area contributed by atoms with Gasteiger partial charge < -0.3 is 24.4 Å². The molecule has 2 heterocycles. The second-order valence-electron chi connectivity index (χ2n) is 6.60. The molecule has 3 rings (SSSR count). The van der Waals surface area contributed by atoms with Gasteiger partial charge in [-0.25, -0.2) is 4.79 Å². The van der Waals surface area contributed by atoms with Gasteiger partial charge >= 0.3 is 6.03 Å². The molecular weight excluding hydrogens is 322 g/mol. The van der Waals surface area contributed by atoms with E-state index < -0.39 is 0 Å². The highest BCUT2D eigenvalue weighted by atomic mass is 16.6. The molecular formula is C18H27N3O4. The second-order valence-corrected chi connectivity index (χ2v) is 6.60. The maximum absolute atomic E-state index is 12.4. The SMILES string of the molecule is CC(CN1CCOCC1)NC(=O)N(C)Cc1ccc2c(c1)OCCO2. The minimum Gasteiger partial charge on any atom is -0.486 e. The first-order chi connectivity index (χ1) is 12.1. The molecule has 0 saturated carbocycles. The van der Waals surface area contributed by atoms with Gasteiger partial charge in [-0.1, -0.05) is 6.07 Å². The van der Waals surface area contributed by atoms with Gasteiger partial charge in [-0.2, -0.15) is 0 Å². The third-order valence-electron chi connectivity index (χ3n) is 4.38. The Morgan fingerprint density at radius 3 is 2.68 bits per heavy atom. The average molecular weight is 349 g/mol. The molecule has 1 aromatic rings. The van der Waals surface area contributed by atoms with Crippen LogP contribution in [0.2, 0.25) is 0 Å². The number of carbonyl (C=O) groups excluding carboxylic acids is 1. The Hall–Kier alpha value is -1.99. The van der Waals surface area contributed by atoms with Crippen LogP contribution in [0.25, 0.3) is 0 Å². The molecule has 1 N–H and O–H groups in total. The van der Waals surface area contributed by atoms with E-state index in [0.717, 1.165) is 49.9 Å². The minimum absolute atomic E-state index is 0.0735. The highest BCUT2D eigenvalue weighted by molar-refractivity contribution is 5.74. The van der Waals surface area contributed by atoms with Crippen molar-refractivity contribution in [1.82, 2.24) is 15.1 Å². The van der Waals surface area contributed by atoms with Gasteiger partial charge in [-0.15, -0.1) is 0 Å². The highest BCUT2D eigenvalue weighted by Crippen LogP contribution is 2.31. The number of morpholine rings is 1. The lowest BCUT2D eigenvalue weighted by Crippen LogP contribution is -2.48. The van der Waals surface area contributed by atoms with Crippen LogP contribution in [0.5, 0.6) is 11.5 Å². The van der Waals surface area contributed by atoms with Crippen molar-refractivity contribution in [3.8, 4) is 11.5 Å². The lowest BCUT2D eigenvalue weighted by molar-refractivity contribution is 0.0347. The Bertz CT molecular complexity index is 590. The molecule has 1 aromatic carbocycles. The number of benzene rings is 1. The number of nitrogens with one attached hydrogen (secondary N) is 1. The van der Waals surface area contributed by atoms with Crippen molar-refractivity contribution in [3.05, 3.63) is 23.8 Å². The van der Waals surface area contributed by atoms with Crippen LogP contribution in [0.15, 0.2) is 18.2 Å². The number of hydrogen-bond acceptors (Lipinski definition) is 5. The van der Waals surface area contributed by atoms with Gasteiger partial charge in [0, 0.05) is 39.3 Å². The molecule has 2 aliphatic rings. The van der Waals surface area contributed by atoms with Crippen molar-refractivity contribution in [2.75, 3.05) is 53.1 Å². The predicted molar refractivity (Wildman–Crippen MR) is 94.2 cm³/mol. The van der Waals surface area contributed by atoms with Gasteiger partial charge in [0.1, 0.15) is 13.2 Å². The number of amides is 2. The number of hydrogen-bond donors (Lipinski definition) is 1. The summed E-state index contributed by atoms with van der Waals surface area (Å²) in [6, 6.07) is 5.82. The number of fused-ring (bicyclic) bond motifs is 1. The number of urea groups is 1. The summed E-state index contributed by atoms with van der Waals surface area (Å²) in [7, 11) is 1.80. The van der Waals surface area contributed by atoms with Crippen LogP contribution in [0, 0.1) is 0 Å². The van der Waals surface area contributed by atoms with Gasteiger partial charge in [0.05, 0.1) is 13.2 Å². The highest BCUT2D eigenvalue weighted by Gasteiger charge is 2.18. The van der Waals surface area contributed by atoms with Gasteiger partial charge in [-0.05, 0) is 24.6 Å². The molecule has 1 unspecified atom stereocenters. The first kappa shape index (κ1) is 17.8. The van der Waals surface area contributed by atoms with E-state index in [9.17, 15) is 4.79 Å². The number of ether oxygens (including phenoxy) is 3. The van der Waals surface area contributed by atoms with Crippen molar-refractivity contribution >= 4 is 6.03 Å². The largest absolute Gasteiger partial charge is 0.486 e. The van der Waals surface area contributed by atoms with E-state index in [-0.39, 0.29) is 12.1 Å². The summed E-state index contributed by atoms with van der Waals surface area (Å²) in [5.41, 5.74) is 1.02. The van der Waals surface area contributed by atoms with Crippen LogP contribution in [0.3, 0.4) is 0 Å². The quantitative estimate of drug-likeness (QED) is 0.869. The number of nitrogens with zero attached hydrogens (tertiary/aromatic N) is 2. The fourth-order valence-electron chi connectivity index (χ4n) is 3.07. The molecule has 7 heteroatoms. The van der Waals surface area contributed by atoms with Gasteiger partial charge in [0.25, 0.3) is 0 Å². The van der Waals surface area contributed by atoms with Crippen LogP contribution in [-0.4, -0.2) is 75.0 Å². The first-order valence-electron chi connectivity index (χ1n) is 8.82. The normalized spacial score (nSPS) is 18.5. The molecule has 2 amide bonds. The van der Waals surface area contributed by atoms with Crippen molar-refractivity contribution in [2.24, 2.45) is 0 Å².